The summed E-state index contributed by atoms with van der Waals surface area (Å²) in [5, 5.41) is 38.0. The number of halogens is 1. The average Bonchev–Trinajstić information content (AvgIpc) is 1.58. The molecule has 18 atom stereocenters. The van der Waals surface area contributed by atoms with Crippen molar-refractivity contribution in [1.82, 2.24) is 31.9 Å². The highest BCUT2D eigenvalue weighted by molar-refractivity contribution is 6.01. The van der Waals surface area contributed by atoms with E-state index in [0.29, 0.717) is 38.5 Å². The molecular weight excluding hydrogens is 1230 g/mol. The molecule has 0 bridgehead atoms. The number of rotatable bonds is 40. The molecule has 3 rings (SSSR count). The molecular formula is C68H111FN12O14. The van der Waals surface area contributed by atoms with Gasteiger partial charge in [-0.15, -0.1) is 0 Å². The Hall–Kier alpha value is -7.42. The van der Waals surface area contributed by atoms with Crippen molar-refractivity contribution in [1.29, 1.82) is 0 Å². The van der Waals surface area contributed by atoms with Gasteiger partial charge in [-0.25, -0.2) is 9.18 Å². The van der Waals surface area contributed by atoms with Crippen LogP contribution < -0.4 is 54.8 Å². The maximum absolute atomic E-state index is 14.7. The third-order valence-corrected chi connectivity index (χ3v) is 19.2. The van der Waals surface area contributed by atoms with Crippen LogP contribution >= 0.6 is 0 Å². The second kappa shape index (κ2) is 40.2. The minimum atomic E-state index is -1.69. The first-order chi connectivity index (χ1) is 44.9. The van der Waals surface area contributed by atoms with E-state index in [2.05, 4.69) is 41.9 Å². The number of nitrogens with two attached hydrogens (primary N) is 4. The van der Waals surface area contributed by atoms with Crippen LogP contribution in [-0.2, 0) is 63.9 Å². The number of ether oxygens (including phenoxy) is 1. The van der Waals surface area contributed by atoms with Gasteiger partial charge in [-0.2, -0.15) is 0 Å². The van der Waals surface area contributed by atoms with Crippen LogP contribution in [-0.4, -0.2) is 161 Å². The van der Waals surface area contributed by atoms with Gasteiger partial charge in [0.1, 0.15) is 23.7 Å². The van der Waals surface area contributed by atoms with E-state index in [1.165, 1.54) is 13.8 Å². The number of esters is 1. The molecule has 27 heteroatoms. The van der Waals surface area contributed by atoms with Gasteiger partial charge < -0.3 is 69.8 Å². The molecule has 3 unspecified atom stereocenters. The summed E-state index contributed by atoms with van der Waals surface area (Å²) in [6.07, 6.45) is -2.22. The Kier molecular flexibility index (Phi) is 34.6. The van der Waals surface area contributed by atoms with Crippen molar-refractivity contribution in [3.05, 3.63) is 35.9 Å². The highest BCUT2D eigenvalue weighted by Crippen LogP contribution is 2.48. The van der Waals surface area contributed by atoms with Gasteiger partial charge in [-0.1, -0.05) is 118 Å². The van der Waals surface area contributed by atoms with Crippen molar-refractivity contribution < 1.29 is 72.1 Å². The first-order valence-electron chi connectivity index (χ1n) is 34.0. The molecule has 1 spiro atoms. The molecule has 1 aliphatic heterocycles. The zero-order valence-electron chi connectivity index (χ0n) is 57.7. The van der Waals surface area contributed by atoms with E-state index in [0.717, 1.165) is 5.56 Å². The number of aliphatic hydroxyl groups excluding tert-OH is 2. The number of alkyl halides is 1. The second-order valence-corrected chi connectivity index (χ2v) is 26.5. The maximum atomic E-state index is 14.7. The molecule has 1 aromatic rings. The van der Waals surface area contributed by atoms with Crippen LogP contribution in [0, 0.1) is 59.2 Å². The van der Waals surface area contributed by atoms with Crippen molar-refractivity contribution in [3.63, 3.8) is 0 Å². The highest BCUT2D eigenvalue weighted by atomic mass is 19.1. The average molecular weight is 1340 g/mol. The molecule has 2 aliphatic rings. The molecule has 1 saturated heterocycles. The molecule has 1 saturated carbocycles. The third-order valence-electron chi connectivity index (χ3n) is 19.2. The van der Waals surface area contributed by atoms with Crippen LogP contribution in [0.15, 0.2) is 40.3 Å². The summed E-state index contributed by atoms with van der Waals surface area (Å²) in [5.41, 5.74) is 21.6. The van der Waals surface area contributed by atoms with E-state index in [9.17, 15) is 67.3 Å². The van der Waals surface area contributed by atoms with Crippen LogP contribution in [0.4, 0.5) is 4.39 Å². The highest BCUT2D eigenvalue weighted by Gasteiger charge is 2.62. The lowest BCUT2D eigenvalue weighted by atomic mass is 9.83. The fourth-order valence-electron chi connectivity index (χ4n) is 12.0. The van der Waals surface area contributed by atoms with E-state index in [1.54, 1.807) is 48.5 Å². The minimum Gasteiger partial charge on any atom is -0.458 e. The molecule has 6 amide bonds. The number of nitrogens with zero attached hydrogens (tertiary/aromatic N) is 2. The number of aliphatic imine (C=N–C) groups is 2. The summed E-state index contributed by atoms with van der Waals surface area (Å²) in [7, 11) is 0. The van der Waals surface area contributed by atoms with Crippen molar-refractivity contribution in [2.75, 3.05) is 26.3 Å². The Bertz CT molecular complexity index is 2800. The van der Waals surface area contributed by atoms with Crippen LogP contribution in [0.2, 0.25) is 0 Å². The number of carbonyl (C=O) groups excluding carboxylic acids is 11. The van der Waals surface area contributed by atoms with Gasteiger partial charge in [0.2, 0.25) is 35.4 Å². The Labute approximate surface area is 559 Å². The predicted molar refractivity (Wildman–Crippen MR) is 358 cm³/mol. The Morgan fingerprint density at radius 1 is 0.684 bits per heavy atom. The SMILES string of the molecule is CC[C@H](Cc1ccccc1)C(=O)N[C@H](C(=O)C[C@@H](CO)C(=O)N[C@H](CCCN=C(N)N)C(=O)C[C@@H](C(=O)N[C@H](C(=O)C[C@@H](CO)C(=O)N[C@H]1C(=O)C[C@@H](CCCN=C(N)N)C(=O)NC2(CC2CC(C)F)C(=O)N[C@@H]([C@@H](C)CC)C(=O)O[C@H]1C)[C@@H](C)CC)[C@@H](C)CC)[C@@H](C)CC. The number of amides is 6. The van der Waals surface area contributed by atoms with E-state index >= 15 is 0 Å². The van der Waals surface area contributed by atoms with Crippen molar-refractivity contribution in [2.24, 2.45) is 92.1 Å². The van der Waals surface area contributed by atoms with Crippen LogP contribution in [0.25, 0.3) is 0 Å². The first-order valence-corrected chi connectivity index (χ1v) is 34.0. The van der Waals surface area contributed by atoms with Gasteiger partial charge in [0.15, 0.2) is 35.1 Å². The van der Waals surface area contributed by atoms with E-state index in [4.69, 9.17) is 27.7 Å². The Balaban J connectivity index is 1.94. The Morgan fingerprint density at radius 3 is 1.74 bits per heavy atom. The second-order valence-electron chi connectivity index (χ2n) is 26.5. The zero-order valence-corrected chi connectivity index (χ0v) is 57.7. The summed E-state index contributed by atoms with van der Waals surface area (Å²) in [4.78, 5) is 166. The molecule has 1 heterocycles. The lowest BCUT2D eigenvalue weighted by Gasteiger charge is -2.31. The lowest BCUT2D eigenvalue weighted by molar-refractivity contribution is -0.157. The lowest BCUT2D eigenvalue weighted by Crippen LogP contribution is -2.57. The van der Waals surface area contributed by atoms with Crippen LogP contribution in [0.3, 0.4) is 0 Å². The summed E-state index contributed by atoms with van der Waals surface area (Å²) < 4.78 is 20.4. The third kappa shape index (κ3) is 25.3. The smallest absolute Gasteiger partial charge is 0.329 e. The normalized spacial score (nSPS) is 22.9. The van der Waals surface area contributed by atoms with Crippen molar-refractivity contribution in [2.45, 2.75) is 227 Å². The number of Topliss-reactive ketones (excluding diaryl/α,β-unsaturated/α-hetero) is 4. The molecule has 0 aromatic heterocycles. The van der Waals surface area contributed by atoms with Crippen molar-refractivity contribution in [3.8, 4) is 0 Å². The standard InChI is InChI=1S/C68H111FN12O14/c1-12-37(6)49(33-51(84)50(25-21-27-75-67(72)73)76-60(89)46(35-82)31-52(85)55(38(7)13-2)77-59(88)44(16-5)29-43-22-18-17-19-23-43)63(92)78-56(39(8)14-3)53(86)32-47(36-83)61(90)79-58-42(11)95-64(93)57(40(9)15-4)80-65(94)68(34-48(68)28-41(10)69)81-62(91)45(30-54(58)87)24-20-26-74-66(70)71/h17-19,22-23,37-42,44-50,55-58,82-83H,12-16,20-21,24-36H2,1-11H3,(H,76,89)(H,77,88)(H,78,92)(H,79,90)(H,80,94)(H,81,91)(H4,70,71,74)(H4,72,73,75)/t37-,38-,39-,40-,41?,42-,44+,45+,46-,47-,48?,49+,50+,55-,56-,57-,58+,68?/m0/s1. The summed E-state index contributed by atoms with van der Waals surface area (Å²) >= 11 is 0. The number of benzene rings is 1. The predicted octanol–water partition coefficient (Wildman–Crippen LogP) is 2.83. The van der Waals surface area contributed by atoms with E-state index in [-0.39, 0.29) is 75.4 Å². The topological polar surface area (TPSA) is 438 Å². The van der Waals surface area contributed by atoms with Crippen molar-refractivity contribution >= 4 is 76.5 Å². The first kappa shape index (κ1) is 81.8. The summed E-state index contributed by atoms with van der Waals surface area (Å²) in [6.45, 7) is 17.0. The number of hydrogen-bond donors (Lipinski definition) is 12. The number of nitrogens with one attached hydrogen (secondary N) is 6. The van der Waals surface area contributed by atoms with Gasteiger partial charge in [-0.3, -0.25) is 57.9 Å². The minimum absolute atomic E-state index is 0.00541. The maximum Gasteiger partial charge on any atom is 0.329 e. The van der Waals surface area contributed by atoms with Crippen LogP contribution in [0.1, 0.15) is 178 Å². The molecule has 1 aromatic carbocycles. The number of carbonyl (C=O) groups is 11. The zero-order chi connectivity index (χ0) is 71.4. The molecule has 26 nitrogen and oxygen atoms in total. The van der Waals surface area contributed by atoms with E-state index in [1.807, 2.05) is 44.2 Å². The molecule has 1 aliphatic carbocycles. The molecule has 0 radical (unpaired) electrons. The number of guanidine groups is 2. The molecule has 16 N–H and O–H groups in total. The summed E-state index contributed by atoms with van der Waals surface area (Å²) in [6, 6.07) is 2.89. The fourth-order valence-corrected chi connectivity index (χ4v) is 12.0. The molecule has 534 valence electrons. The van der Waals surface area contributed by atoms with Gasteiger partial charge in [0.05, 0.1) is 49.3 Å². The fraction of sp³-hybridized carbons (Fsp3) is 0.721. The van der Waals surface area contributed by atoms with Gasteiger partial charge in [0, 0.05) is 56.5 Å². The van der Waals surface area contributed by atoms with E-state index < -0.39 is 199 Å². The number of aliphatic hydroxyl groups is 2. The molecule has 2 fully saturated rings. The Morgan fingerprint density at radius 2 is 1.22 bits per heavy atom. The summed E-state index contributed by atoms with van der Waals surface area (Å²) in [5.74, 6) is -16.6. The number of hydrogen-bond acceptors (Lipinski definition) is 16. The number of cyclic esters (lactones) is 1. The quantitative estimate of drug-likeness (QED) is 0.0194. The molecule has 95 heavy (non-hydrogen) atoms. The van der Waals surface area contributed by atoms with Gasteiger partial charge in [0.25, 0.3) is 0 Å². The largest absolute Gasteiger partial charge is 0.458 e. The van der Waals surface area contributed by atoms with Crippen LogP contribution in [0.5, 0.6) is 0 Å². The van der Waals surface area contributed by atoms with Gasteiger partial charge in [-0.05, 0) is 100 Å². The monoisotopic (exact) mass is 1340 g/mol. The number of ketones is 4. The van der Waals surface area contributed by atoms with Gasteiger partial charge >= 0.3 is 5.97 Å².